The maximum absolute atomic E-state index is 3.34. The fourth-order valence-corrected chi connectivity index (χ4v) is 2.60. The van der Waals surface area contributed by atoms with Crippen molar-refractivity contribution in [3.8, 4) is 0 Å². The molecule has 2 rings (SSSR count). The van der Waals surface area contributed by atoms with Gasteiger partial charge in [0.05, 0.1) is 0 Å². The van der Waals surface area contributed by atoms with Crippen LogP contribution in [0.25, 0.3) is 0 Å². The summed E-state index contributed by atoms with van der Waals surface area (Å²) in [5.41, 5.74) is 2.81. The second-order valence-corrected chi connectivity index (χ2v) is 4.99. The van der Waals surface area contributed by atoms with E-state index in [-0.39, 0.29) is 0 Å². The van der Waals surface area contributed by atoms with Crippen LogP contribution in [0, 0.1) is 0 Å². The average Bonchev–Trinajstić information content (AvgIpc) is 2.46. The summed E-state index contributed by atoms with van der Waals surface area (Å²) in [5, 5.41) is 3.34. The Morgan fingerprint density at radius 1 is 1.17 bits per heavy atom. The molecule has 100 valence electrons. The Morgan fingerprint density at radius 3 is 2.44 bits per heavy atom. The topological polar surface area (TPSA) is 18.5 Å². The zero-order chi connectivity index (χ0) is 13.0. The molecule has 0 bridgehead atoms. The summed E-state index contributed by atoms with van der Waals surface area (Å²) in [6.07, 6.45) is 0. The SMILES string of the molecule is CCN1CCN(c2ccccc2C(C)NC)CC1. The number of benzene rings is 1. The molecule has 0 aliphatic carbocycles. The highest BCUT2D eigenvalue weighted by Gasteiger charge is 2.19. The van der Waals surface area contributed by atoms with Gasteiger partial charge in [-0.2, -0.15) is 0 Å². The lowest BCUT2D eigenvalue weighted by Crippen LogP contribution is -2.46. The third-order valence-corrected chi connectivity index (χ3v) is 4.00. The van der Waals surface area contributed by atoms with E-state index in [1.54, 1.807) is 0 Å². The second-order valence-electron chi connectivity index (χ2n) is 4.99. The van der Waals surface area contributed by atoms with Gasteiger partial charge in [0, 0.05) is 37.9 Å². The summed E-state index contributed by atoms with van der Waals surface area (Å²) in [5.74, 6) is 0. The molecule has 0 aromatic heterocycles. The standard InChI is InChI=1S/C15H25N3/c1-4-17-9-11-18(12-10-17)15-8-6-5-7-14(15)13(2)16-3/h5-8,13,16H,4,9-12H2,1-3H3. The Hall–Kier alpha value is -1.06. The quantitative estimate of drug-likeness (QED) is 0.879. The molecule has 1 saturated heterocycles. The molecule has 1 aliphatic rings. The molecular weight excluding hydrogens is 222 g/mol. The molecule has 1 fully saturated rings. The molecule has 1 unspecified atom stereocenters. The van der Waals surface area contributed by atoms with Crippen molar-refractivity contribution in [1.29, 1.82) is 0 Å². The lowest BCUT2D eigenvalue weighted by Gasteiger charge is -2.37. The van der Waals surface area contributed by atoms with Crippen LogP contribution < -0.4 is 10.2 Å². The minimum absolute atomic E-state index is 0.408. The van der Waals surface area contributed by atoms with E-state index in [0.29, 0.717) is 6.04 Å². The first-order valence-corrected chi connectivity index (χ1v) is 6.99. The predicted octanol–water partition coefficient (Wildman–Crippen LogP) is 2.11. The van der Waals surface area contributed by atoms with E-state index in [0.717, 1.165) is 13.1 Å². The fraction of sp³-hybridized carbons (Fsp3) is 0.600. The zero-order valence-electron chi connectivity index (χ0n) is 11.8. The Balaban J connectivity index is 2.13. The number of hydrogen-bond donors (Lipinski definition) is 1. The Bertz CT molecular complexity index is 370. The van der Waals surface area contributed by atoms with Crippen molar-refractivity contribution in [3.63, 3.8) is 0 Å². The Morgan fingerprint density at radius 2 is 1.83 bits per heavy atom. The highest BCUT2D eigenvalue weighted by atomic mass is 15.3. The summed E-state index contributed by atoms with van der Waals surface area (Å²) in [4.78, 5) is 5.04. The monoisotopic (exact) mass is 247 g/mol. The van der Waals surface area contributed by atoms with Crippen LogP contribution in [0.5, 0.6) is 0 Å². The summed E-state index contributed by atoms with van der Waals surface area (Å²) < 4.78 is 0. The van der Waals surface area contributed by atoms with E-state index in [4.69, 9.17) is 0 Å². The van der Waals surface area contributed by atoms with E-state index >= 15 is 0 Å². The van der Waals surface area contributed by atoms with Crippen LogP contribution in [0.4, 0.5) is 5.69 Å². The normalized spacial score (nSPS) is 18.9. The first kappa shape index (κ1) is 13.4. The van der Waals surface area contributed by atoms with Gasteiger partial charge < -0.3 is 15.1 Å². The van der Waals surface area contributed by atoms with Crippen LogP contribution >= 0.6 is 0 Å². The van der Waals surface area contributed by atoms with Crippen LogP contribution in [0.2, 0.25) is 0 Å². The van der Waals surface area contributed by atoms with Crippen molar-refractivity contribution in [2.75, 3.05) is 44.7 Å². The van der Waals surface area contributed by atoms with Crippen molar-refractivity contribution in [2.45, 2.75) is 19.9 Å². The molecule has 1 atom stereocenters. The highest BCUT2D eigenvalue weighted by molar-refractivity contribution is 5.55. The van der Waals surface area contributed by atoms with Crippen molar-refractivity contribution in [3.05, 3.63) is 29.8 Å². The van der Waals surface area contributed by atoms with E-state index in [2.05, 4.69) is 53.2 Å². The molecule has 0 radical (unpaired) electrons. The molecule has 0 saturated carbocycles. The van der Waals surface area contributed by atoms with Gasteiger partial charge in [-0.1, -0.05) is 25.1 Å². The van der Waals surface area contributed by atoms with E-state index < -0.39 is 0 Å². The molecule has 1 heterocycles. The first-order valence-electron chi connectivity index (χ1n) is 6.99. The van der Waals surface area contributed by atoms with Crippen LogP contribution in [0.15, 0.2) is 24.3 Å². The molecule has 3 heteroatoms. The van der Waals surface area contributed by atoms with Crippen molar-refractivity contribution in [1.82, 2.24) is 10.2 Å². The fourth-order valence-electron chi connectivity index (χ4n) is 2.60. The van der Waals surface area contributed by atoms with Crippen molar-refractivity contribution in [2.24, 2.45) is 0 Å². The lowest BCUT2D eigenvalue weighted by molar-refractivity contribution is 0.271. The molecule has 3 nitrogen and oxygen atoms in total. The van der Waals surface area contributed by atoms with Gasteiger partial charge in [-0.15, -0.1) is 0 Å². The molecule has 1 aromatic carbocycles. The van der Waals surface area contributed by atoms with Gasteiger partial charge in [0.25, 0.3) is 0 Å². The number of hydrogen-bond acceptors (Lipinski definition) is 3. The minimum Gasteiger partial charge on any atom is -0.369 e. The van der Waals surface area contributed by atoms with Crippen molar-refractivity contribution < 1.29 is 0 Å². The largest absolute Gasteiger partial charge is 0.369 e. The third-order valence-electron chi connectivity index (χ3n) is 4.00. The van der Waals surface area contributed by atoms with Crippen molar-refractivity contribution >= 4 is 5.69 Å². The summed E-state index contributed by atoms with van der Waals surface area (Å²) in [6.45, 7) is 10.3. The predicted molar refractivity (Wildman–Crippen MR) is 78.2 cm³/mol. The number of nitrogens with zero attached hydrogens (tertiary/aromatic N) is 2. The number of piperazine rings is 1. The Labute approximate surface area is 111 Å². The third kappa shape index (κ3) is 2.85. The summed E-state index contributed by atoms with van der Waals surface area (Å²) >= 11 is 0. The van der Waals surface area contributed by atoms with Gasteiger partial charge in [-0.3, -0.25) is 0 Å². The maximum atomic E-state index is 3.34. The van der Waals surface area contributed by atoms with Crippen LogP contribution in [0.3, 0.4) is 0 Å². The summed E-state index contributed by atoms with van der Waals surface area (Å²) in [7, 11) is 2.02. The molecule has 1 aliphatic heterocycles. The average molecular weight is 247 g/mol. The number of anilines is 1. The smallest absolute Gasteiger partial charge is 0.0415 e. The molecule has 1 N–H and O–H groups in total. The van der Waals surface area contributed by atoms with Gasteiger partial charge >= 0.3 is 0 Å². The molecule has 1 aromatic rings. The van der Waals surface area contributed by atoms with Gasteiger partial charge in [0.2, 0.25) is 0 Å². The van der Waals surface area contributed by atoms with Crippen LogP contribution in [-0.2, 0) is 0 Å². The zero-order valence-corrected chi connectivity index (χ0v) is 11.8. The number of para-hydroxylation sites is 1. The molecular formula is C15H25N3. The lowest BCUT2D eigenvalue weighted by atomic mass is 10.0. The number of rotatable bonds is 4. The second kappa shape index (κ2) is 6.21. The van der Waals surface area contributed by atoms with E-state index in [9.17, 15) is 0 Å². The first-order chi connectivity index (χ1) is 8.76. The highest BCUT2D eigenvalue weighted by Crippen LogP contribution is 2.26. The van der Waals surface area contributed by atoms with Gasteiger partial charge in [-0.25, -0.2) is 0 Å². The van der Waals surface area contributed by atoms with E-state index in [1.165, 1.54) is 30.9 Å². The van der Waals surface area contributed by atoms with Crippen LogP contribution in [-0.4, -0.2) is 44.7 Å². The number of nitrogens with one attached hydrogen (secondary N) is 1. The number of likely N-dealkylation sites (N-methyl/N-ethyl adjacent to an activating group) is 1. The van der Waals surface area contributed by atoms with Gasteiger partial charge in [0.15, 0.2) is 0 Å². The van der Waals surface area contributed by atoms with Gasteiger partial charge in [-0.05, 0) is 32.1 Å². The Kier molecular flexibility index (Phi) is 4.61. The maximum Gasteiger partial charge on any atom is 0.0415 e. The minimum atomic E-state index is 0.408. The van der Waals surface area contributed by atoms with E-state index in [1.807, 2.05) is 7.05 Å². The van der Waals surface area contributed by atoms with Crippen LogP contribution in [0.1, 0.15) is 25.5 Å². The molecule has 18 heavy (non-hydrogen) atoms. The molecule has 0 amide bonds. The summed E-state index contributed by atoms with van der Waals surface area (Å²) in [6, 6.07) is 9.18. The van der Waals surface area contributed by atoms with Gasteiger partial charge in [0.1, 0.15) is 0 Å². The molecule has 0 spiro atoms.